The molecule has 3 heterocycles. The molecule has 0 radical (unpaired) electrons. The van der Waals surface area contributed by atoms with Crippen molar-refractivity contribution in [3.63, 3.8) is 0 Å². The van der Waals surface area contributed by atoms with Crippen LogP contribution in [-0.2, 0) is 32.0 Å². The number of aromatic nitrogens is 2. The number of aliphatic carboxylic acids is 1. The number of carboxylic acids is 1. The van der Waals surface area contributed by atoms with E-state index in [2.05, 4.69) is 25.9 Å². The van der Waals surface area contributed by atoms with Crippen molar-refractivity contribution in [2.24, 2.45) is 0 Å². The van der Waals surface area contributed by atoms with E-state index in [4.69, 9.17) is 0 Å². The van der Waals surface area contributed by atoms with Gasteiger partial charge in [0, 0.05) is 31.3 Å². The number of nitrogens with one attached hydrogen (secondary N) is 4. The van der Waals surface area contributed by atoms with E-state index >= 15 is 0 Å². The minimum atomic E-state index is -1.17. The van der Waals surface area contributed by atoms with E-state index in [9.17, 15) is 24.3 Å². The van der Waals surface area contributed by atoms with E-state index in [1.807, 2.05) is 30.3 Å². The standard InChI is InChI=1S/C25H32N6O5/c32-22(18-8-4-10-27-18)29-19(12-16-6-2-1-3-7-16)24(34)31-11-5-9-21(31)23(33)30-20(25(35)36)13-17-14-26-15-28-17/h1-3,6-7,14-15,18-21,27H,4-5,8-13H2,(H,26,28)(H,29,32)(H,30,33)(H,35,36). The van der Waals surface area contributed by atoms with Crippen molar-refractivity contribution in [2.75, 3.05) is 13.1 Å². The van der Waals surface area contributed by atoms with E-state index in [1.165, 1.54) is 17.4 Å². The molecule has 0 aliphatic carbocycles. The molecule has 4 unspecified atom stereocenters. The highest BCUT2D eigenvalue weighted by Crippen LogP contribution is 2.20. The van der Waals surface area contributed by atoms with Crippen LogP contribution in [0.15, 0.2) is 42.9 Å². The molecule has 2 aromatic rings. The van der Waals surface area contributed by atoms with Crippen molar-refractivity contribution >= 4 is 23.7 Å². The minimum absolute atomic E-state index is 0.0445. The maximum atomic E-state index is 13.7. The summed E-state index contributed by atoms with van der Waals surface area (Å²) in [6.07, 6.45) is 5.91. The van der Waals surface area contributed by atoms with Crippen LogP contribution in [0.3, 0.4) is 0 Å². The minimum Gasteiger partial charge on any atom is -0.480 e. The van der Waals surface area contributed by atoms with Crippen molar-refractivity contribution < 1.29 is 24.3 Å². The number of H-pyrrole nitrogens is 1. The van der Waals surface area contributed by atoms with E-state index in [0.29, 0.717) is 37.9 Å². The Morgan fingerprint density at radius 2 is 1.81 bits per heavy atom. The first kappa shape index (κ1) is 25.4. The summed E-state index contributed by atoms with van der Waals surface area (Å²) in [6.45, 7) is 1.12. The van der Waals surface area contributed by atoms with Gasteiger partial charge in [-0.05, 0) is 37.8 Å². The molecule has 2 aliphatic rings. The fraction of sp³-hybridized carbons (Fsp3) is 0.480. The van der Waals surface area contributed by atoms with Crippen molar-refractivity contribution in [3.8, 4) is 0 Å². The monoisotopic (exact) mass is 496 g/mol. The van der Waals surface area contributed by atoms with Gasteiger partial charge in [0.15, 0.2) is 0 Å². The van der Waals surface area contributed by atoms with Gasteiger partial charge in [-0.3, -0.25) is 14.4 Å². The highest BCUT2D eigenvalue weighted by atomic mass is 16.4. The fourth-order valence-corrected chi connectivity index (χ4v) is 4.82. The lowest BCUT2D eigenvalue weighted by molar-refractivity contribution is -0.145. The Morgan fingerprint density at radius 1 is 1.03 bits per heavy atom. The Kier molecular flexibility index (Phi) is 8.32. The maximum Gasteiger partial charge on any atom is 0.326 e. The summed E-state index contributed by atoms with van der Waals surface area (Å²) in [7, 11) is 0. The number of carboxylic acid groups (broad SMARTS) is 1. The zero-order valence-electron chi connectivity index (χ0n) is 20.0. The number of hydrogen-bond acceptors (Lipinski definition) is 6. The van der Waals surface area contributed by atoms with Crippen LogP contribution in [0.2, 0.25) is 0 Å². The average molecular weight is 497 g/mol. The first-order valence-electron chi connectivity index (χ1n) is 12.3. The van der Waals surface area contributed by atoms with Gasteiger partial charge in [-0.15, -0.1) is 0 Å². The average Bonchev–Trinajstić information content (AvgIpc) is 3.66. The van der Waals surface area contributed by atoms with Gasteiger partial charge in [0.25, 0.3) is 0 Å². The first-order chi connectivity index (χ1) is 17.4. The zero-order chi connectivity index (χ0) is 25.5. The molecule has 1 aromatic carbocycles. The second-order valence-corrected chi connectivity index (χ2v) is 9.27. The fourth-order valence-electron chi connectivity index (χ4n) is 4.82. The molecular formula is C25H32N6O5. The predicted octanol–water partition coefficient (Wildman–Crippen LogP) is -0.00790. The smallest absolute Gasteiger partial charge is 0.326 e. The zero-order valence-corrected chi connectivity index (χ0v) is 20.0. The Balaban J connectivity index is 1.47. The molecule has 4 rings (SSSR count). The largest absolute Gasteiger partial charge is 0.480 e. The van der Waals surface area contributed by atoms with Crippen LogP contribution in [0.1, 0.15) is 36.9 Å². The molecule has 36 heavy (non-hydrogen) atoms. The summed E-state index contributed by atoms with van der Waals surface area (Å²) in [5, 5.41) is 18.2. The van der Waals surface area contributed by atoms with Crippen molar-refractivity contribution in [1.29, 1.82) is 0 Å². The van der Waals surface area contributed by atoms with Gasteiger partial charge in [-0.1, -0.05) is 30.3 Å². The summed E-state index contributed by atoms with van der Waals surface area (Å²) in [6, 6.07) is 6.25. The van der Waals surface area contributed by atoms with Crippen LogP contribution >= 0.6 is 0 Å². The highest BCUT2D eigenvalue weighted by molar-refractivity contribution is 5.94. The molecule has 2 aliphatic heterocycles. The molecule has 11 heteroatoms. The van der Waals surface area contributed by atoms with Crippen LogP contribution < -0.4 is 16.0 Å². The van der Waals surface area contributed by atoms with Gasteiger partial charge in [-0.2, -0.15) is 0 Å². The molecule has 1 aromatic heterocycles. The van der Waals surface area contributed by atoms with Crippen molar-refractivity contribution in [2.45, 2.75) is 62.7 Å². The lowest BCUT2D eigenvalue weighted by Crippen LogP contribution is -2.57. The van der Waals surface area contributed by atoms with Crippen molar-refractivity contribution in [1.82, 2.24) is 30.8 Å². The van der Waals surface area contributed by atoms with Gasteiger partial charge < -0.3 is 30.9 Å². The Bertz CT molecular complexity index is 1050. The van der Waals surface area contributed by atoms with Gasteiger partial charge in [0.2, 0.25) is 17.7 Å². The van der Waals surface area contributed by atoms with Crippen LogP contribution in [0.25, 0.3) is 0 Å². The highest BCUT2D eigenvalue weighted by Gasteiger charge is 2.39. The Hall–Kier alpha value is -3.73. The molecule has 0 saturated carbocycles. The lowest BCUT2D eigenvalue weighted by atomic mass is 10.0. The molecule has 4 atom stereocenters. The number of aromatic amines is 1. The summed E-state index contributed by atoms with van der Waals surface area (Å²) < 4.78 is 0. The van der Waals surface area contributed by atoms with E-state index in [1.54, 1.807) is 0 Å². The normalized spacial score (nSPS) is 21.1. The van der Waals surface area contributed by atoms with Crippen molar-refractivity contribution in [3.05, 3.63) is 54.1 Å². The molecule has 3 amide bonds. The van der Waals surface area contributed by atoms with Crippen LogP contribution in [0, 0.1) is 0 Å². The predicted molar refractivity (Wildman–Crippen MR) is 130 cm³/mol. The molecular weight excluding hydrogens is 464 g/mol. The van der Waals surface area contributed by atoms with Crippen LogP contribution in [0.5, 0.6) is 0 Å². The lowest BCUT2D eigenvalue weighted by Gasteiger charge is -2.30. The molecule has 5 N–H and O–H groups in total. The Labute approximate surface area is 209 Å². The SMILES string of the molecule is O=C(O)C(Cc1cnc[nH]1)NC(=O)C1CCCN1C(=O)C(Cc1ccccc1)NC(=O)C1CCCN1. The number of carbonyl (C=O) groups is 4. The third-order valence-electron chi connectivity index (χ3n) is 6.71. The summed E-state index contributed by atoms with van der Waals surface area (Å²) in [5.41, 5.74) is 1.47. The van der Waals surface area contributed by atoms with E-state index < -0.39 is 30.0 Å². The maximum absolute atomic E-state index is 13.7. The third-order valence-corrected chi connectivity index (χ3v) is 6.71. The molecule has 0 spiro atoms. The molecule has 2 fully saturated rings. The van der Waals surface area contributed by atoms with E-state index in [-0.39, 0.29) is 24.3 Å². The number of hydrogen-bond donors (Lipinski definition) is 5. The van der Waals surface area contributed by atoms with Gasteiger partial charge >= 0.3 is 5.97 Å². The molecule has 192 valence electrons. The van der Waals surface area contributed by atoms with Gasteiger partial charge in [-0.25, -0.2) is 9.78 Å². The molecule has 2 saturated heterocycles. The van der Waals surface area contributed by atoms with Crippen LogP contribution in [0.4, 0.5) is 0 Å². The topological polar surface area (TPSA) is 157 Å². The third kappa shape index (κ3) is 6.28. The summed E-state index contributed by atoms with van der Waals surface area (Å²) in [5.74, 6) is -2.27. The van der Waals surface area contributed by atoms with Crippen LogP contribution in [-0.4, -0.2) is 80.9 Å². The number of imidazole rings is 1. The Morgan fingerprint density at radius 3 is 2.47 bits per heavy atom. The van der Waals surface area contributed by atoms with Gasteiger partial charge in [0.1, 0.15) is 18.1 Å². The number of nitrogens with zero attached hydrogens (tertiary/aromatic N) is 2. The number of carbonyl (C=O) groups excluding carboxylic acids is 3. The number of amides is 3. The number of rotatable bonds is 10. The summed E-state index contributed by atoms with van der Waals surface area (Å²) >= 11 is 0. The molecule has 11 nitrogen and oxygen atoms in total. The van der Waals surface area contributed by atoms with E-state index in [0.717, 1.165) is 18.5 Å². The second kappa shape index (κ2) is 11.8. The number of benzene rings is 1. The molecule has 0 bridgehead atoms. The quantitative estimate of drug-likeness (QED) is 0.310. The van der Waals surface area contributed by atoms with Gasteiger partial charge in [0.05, 0.1) is 12.4 Å². The number of likely N-dealkylation sites (tertiary alicyclic amines) is 1. The summed E-state index contributed by atoms with van der Waals surface area (Å²) in [4.78, 5) is 59.6. The second-order valence-electron chi connectivity index (χ2n) is 9.27. The first-order valence-corrected chi connectivity index (χ1v) is 12.3.